The first-order valence-electron chi connectivity index (χ1n) is 5.61. The van der Waals surface area contributed by atoms with Crippen molar-refractivity contribution in [3.05, 3.63) is 24.0 Å². The number of rotatable bonds is 2. The summed E-state index contributed by atoms with van der Waals surface area (Å²) >= 11 is 0. The quantitative estimate of drug-likeness (QED) is 0.781. The lowest BCUT2D eigenvalue weighted by molar-refractivity contribution is 0.0930. The van der Waals surface area contributed by atoms with Crippen molar-refractivity contribution in [2.24, 2.45) is 0 Å². The molecule has 1 unspecified atom stereocenters. The maximum atomic E-state index is 13.2. The monoisotopic (exact) mass is 224 g/mol. The van der Waals surface area contributed by atoms with Crippen LogP contribution in [0.4, 0.5) is 15.8 Å². The molecule has 1 atom stereocenters. The van der Waals surface area contributed by atoms with E-state index in [0.717, 1.165) is 18.7 Å². The van der Waals surface area contributed by atoms with Gasteiger partial charge in [-0.2, -0.15) is 0 Å². The van der Waals surface area contributed by atoms with Crippen molar-refractivity contribution < 1.29 is 9.13 Å². The molecule has 16 heavy (non-hydrogen) atoms. The van der Waals surface area contributed by atoms with Gasteiger partial charge in [0, 0.05) is 6.54 Å². The zero-order valence-corrected chi connectivity index (χ0v) is 9.45. The van der Waals surface area contributed by atoms with E-state index in [0.29, 0.717) is 18.9 Å². The van der Waals surface area contributed by atoms with Crippen LogP contribution in [0.3, 0.4) is 0 Å². The summed E-state index contributed by atoms with van der Waals surface area (Å²) in [5, 5.41) is 0. The van der Waals surface area contributed by atoms with Crippen LogP contribution in [0.25, 0.3) is 0 Å². The molecule has 1 aliphatic heterocycles. The number of hydrogen-bond acceptors (Lipinski definition) is 3. The van der Waals surface area contributed by atoms with Crippen molar-refractivity contribution in [2.75, 3.05) is 30.4 Å². The van der Waals surface area contributed by atoms with Gasteiger partial charge in [0.1, 0.15) is 5.82 Å². The van der Waals surface area contributed by atoms with Crippen LogP contribution < -0.4 is 10.6 Å². The van der Waals surface area contributed by atoms with Crippen LogP contribution in [0.15, 0.2) is 18.2 Å². The number of nitrogens with two attached hydrogens (primary N) is 1. The number of hydrogen-bond donors (Lipinski definition) is 1. The average molecular weight is 224 g/mol. The number of benzene rings is 1. The van der Waals surface area contributed by atoms with Crippen molar-refractivity contribution in [3.63, 3.8) is 0 Å². The summed E-state index contributed by atoms with van der Waals surface area (Å²) in [4.78, 5) is 2.14. The van der Waals surface area contributed by atoms with E-state index >= 15 is 0 Å². The molecule has 1 heterocycles. The van der Waals surface area contributed by atoms with Crippen molar-refractivity contribution in [1.29, 1.82) is 0 Å². The number of morpholine rings is 1. The molecule has 88 valence electrons. The summed E-state index contributed by atoms with van der Waals surface area (Å²) < 4.78 is 18.6. The molecule has 1 aromatic rings. The average Bonchev–Trinajstić information content (AvgIpc) is 2.32. The zero-order chi connectivity index (χ0) is 11.5. The molecule has 2 rings (SSSR count). The van der Waals surface area contributed by atoms with Crippen molar-refractivity contribution in [1.82, 2.24) is 0 Å². The Balaban J connectivity index is 2.30. The smallest absolute Gasteiger partial charge is 0.125 e. The SMILES string of the molecule is CCC1COCCN1c1cc(F)ccc1N. The van der Waals surface area contributed by atoms with Crippen molar-refractivity contribution >= 4 is 11.4 Å². The summed E-state index contributed by atoms with van der Waals surface area (Å²) in [5.41, 5.74) is 7.30. The van der Waals surface area contributed by atoms with Gasteiger partial charge in [0.25, 0.3) is 0 Å². The molecule has 0 saturated carbocycles. The third-order valence-corrected chi connectivity index (χ3v) is 3.00. The largest absolute Gasteiger partial charge is 0.397 e. The molecule has 2 N–H and O–H groups in total. The van der Waals surface area contributed by atoms with Gasteiger partial charge in [0.2, 0.25) is 0 Å². The summed E-state index contributed by atoms with van der Waals surface area (Å²) in [6.07, 6.45) is 0.968. The van der Waals surface area contributed by atoms with Crippen molar-refractivity contribution in [2.45, 2.75) is 19.4 Å². The summed E-state index contributed by atoms with van der Waals surface area (Å²) in [6, 6.07) is 4.80. The molecule has 3 nitrogen and oxygen atoms in total. The van der Waals surface area contributed by atoms with E-state index in [1.807, 2.05) is 0 Å². The molecule has 1 fully saturated rings. The third-order valence-electron chi connectivity index (χ3n) is 3.00. The molecule has 0 amide bonds. The molecule has 1 aliphatic rings. The summed E-state index contributed by atoms with van der Waals surface area (Å²) in [6.45, 7) is 4.23. The van der Waals surface area contributed by atoms with Gasteiger partial charge in [-0.05, 0) is 24.6 Å². The first-order chi connectivity index (χ1) is 7.72. The van der Waals surface area contributed by atoms with E-state index in [4.69, 9.17) is 10.5 Å². The normalized spacial score (nSPS) is 21.1. The Hall–Kier alpha value is -1.29. The Morgan fingerprint density at radius 1 is 1.56 bits per heavy atom. The minimum absolute atomic E-state index is 0.245. The second-order valence-corrected chi connectivity index (χ2v) is 4.03. The molecule has 1 aromatic carbocycles. The molecule has 0 aromatic heterocycles. The summed E-state index contributed by atoms with van der Waals surface area (Å²) in [7, 11) is 0. The minimum atomic E-state index is -0.245. The van der Waals surface area contributed by atoms with Crippen LogP contribution in [-0.2, 0) is 4.74 Å². The number of anilines is 2. The predicted molar refractivity (Wildman–Crippen MR) is 63.1 cm³/mol. The standard InChI is InChI=1S/C12H17FN2O/c1-2-10-8-16-6-5-15(10)12-7-9(13)3-4-11(12)14/h3-4,7,10H,2,5-6,8,14H2,1H3. The molecule has 0 radical (unpaired) electrons. The fourth-order valence-corrected chi connectivity index (χ4v) is 2.08. The van der Waals surface area contributed by atoms with E-state index in [1.54, 1.807) is 6.07 Å². The van der Waals surface area contributed by atoms with Crippen LogP contribution in [0.2, 0.25) is 0 Å². The lowest BCUT2D eigenvalue weighted by atomic mass is 10.1. The second kappa shape index (κ2) is 4.70. The number of nitrogen functional groups attached to an aromatic ring is 1. The molecule has 4 heteroatoms. The number of nitrogens with zero attached hydrogens (tertiary/aromatic N) is 1. The molecular weight excluding hydrogens is 207 g/mol. The zero-order valence-electron chi connectivity index (χ0n) is 9.45. The van der Waals surface area contributed by atoms with Gasteiger partial charge in [-0.1, -0.05) is 6.92 Å². The van der Waals surface area contributed by atoms with E-state index in [-0.39, 0.29) is 11.9 Å². The Morgan fingerprint density at radius 3 is 3.12 bits per heavy atom. The first kappa shape index (κ1) is 11.2. The van der Waals surface area contributed by atoms with E-state index in [2.05, 4.69) is 11.8 Å². The van der Waals surface area contributed by atoms with Crippen LogP contribution in [-0.4, -0.2) is 25.8 Å². The highest BCUT2D eigenvalue weighted by atomic mass is 19.1. The van der Waals surface area contributed by atoms with E-state index in [9.17, 15) is 4.39 Å². The highest BCUT2D eigenvalue weighted by Crippen LogP contribution is 2.28. The lowest BCUT2D eigenvalue weighted by Gasteiger charge is -2.37. The molecular formula is C12H17FN2O. The van der Waals surface area contributed by atoms with Crippen LogP contribution in [0.5, 0.6) is 0 Å². The van der Waals surface area contributed by atoms with Gasteiger partial charge in [-0.3, -0.25) is 0 Å². The van der Waals surface area contributed by atoms with Gasteiger partial charge in [-0.15, -0.1) is 0 Å². The maximum Gasteiger partial charge on any atom is 0.125 e. The highest BCUT2D eigenvalue weighted by molar-refractivity contribution is 5.68. The van der Waals surface area contributed by atoms with Crippen LogP contribution >= 0.6 is 0 Å². The number of halogens is 1. The van der Waals surface area contributed by atoms with Gasteiger partial charge in [0.05, 0.1) is 30.6 Å². The predicted octanol–water partition coefficient (Wildman–Crippen LogP) is 2.02. The number of ether oxygens (including phenoxy) is 1. The minimum Gasteiger partial charge on any atom is -0.397 e. The fourth-order valence-electron chi connectivity index (χ4n) is 2.08. The Kier molecular flexibility index (Phi) is 3.29. The second-order valence-electron chi connectivity index (χ2n) is 4.03. The fraction of sp³-hybridized carbons (Fsp3) is 0.500. The first-order valence-corrected chi connectivity index (χ1v) is 5.61. The van der Waals surface area contributed by atoms with Gasteiger partial charge in [0.15, 0.2) is 0 Å². The molecule has 0 bridgehead atoms. The Labute approximate surface area is 95.0 Å². The van der Waals surface area contributed by atoms with Gasteiger partial charge >= 0.3 is 0 Å². The highest BCUT2D eigenvalue weighted by Gasteiger charge is 2.23. The third kappa shape index (κ3) is 2.11. The Bertz CT molecular complexity index is 370. The van der Waals surface area contributed by atoms with Crippen LogP contribution in [0.1, 0.15) is 13.3 Å². The molecule has 0 spiro atoms. The van der Waals surface area contributed by atoms with E-state index < -0.39 is 0 Å². The molecule has 1 saturated heterocycles. The lowest BCUT2D eigenvalue weighted by Crippen LogP contribution is -2.45. The topological polar surface area (TPSA) is 38.5 Å². The van der Waals surface area contributed by atoms with Gasteiger partial charge < -0.3 is 15.4 Å². The van der Waals surface area contributed by atoms with E-state index in [1.165, 1.54) is 12.1 Å². The van der Waals surface area contributed by atoms with Crippen molar-refractivity contribution in [3.8, 4) is 0 Å². The molecule has 0 aliphatic carbocycles. The summed E-state index contributed by atoms with van der Waals surface area (Å²) in [5.74, 6) is -0.245. The Morgan fingerprint density at radius 2 is 2.38 bits per heavy atom. The van der Waals surface area contributed by atoms with Crippen LogP contribution in [0, 0.1) is 5.82 Å². The van der Waals surface area contributed by atoms with Gasteiger partial charge in [-0.25, -0.2) is 4.39 Å². The maximum absolute atomic E-state index is 13.2.